The van der Waals surface area contributed by atoms with Crippen molar-refractivity contribution in [1.82, 2.24) is 14.9 Å². The van der Waals surface area contributed by atoms with E-state index in [0.29, 0.717) is 16.8 Å². The molecule has 0 bridgehead atoms. The van der Waals surface area contributed by atoms with E-state index in [2.05, 4.69) is 10.3 Å². The van der Waals surface area contributed by atoms with Gasteiger partial charge in [-0.05, 0) is 23.6 Å². The van der Waals surface area contributed by atoms with Crippen LogP contribution in [0.3, 0.4) is 0 Å². The molecule has 9 heteroatoms. The Balaban J connectivity index is 1.39. The topological polar surface area (TPSA) is 104 Å². The maximum absolute atomic E-state index is 12.4. The zero-order valence-electron chi connectivity index (χ0n) is 14.9. The fourth-order valence-corrected chi connectivity index (χ4v) is 4.15. The molecule has 2 N–H and O–H groups in total. The van der Waals surface area contributed by atoms with Crippen LogP contribution in [0.5, 0.6) is 0 Å². The van der Waals surface area contributed by atoms with Crippen LogP contribution in [0.4, 0.5) is 5.69 Å². The predicted molar refractivity (Wildman–Crippen MR) is 107 cm³/mol. The SMILES string of the molecule is O=C(NCCn1c(=O)[nH]c2ccsc2c1=O)[C@H]1CC(=O)N(c2ccccc2)C1. The Kier molecular flexibility index (Phi) is 4.82. The van der Waals surface area contributed by atoms with E-state index in [1.165, 1.54) is 11.3 Å². The van der Waals surface area contributed by atoms with Crippen LogP contribution in [0, 0.1) is 5.92 Å². The third-order valence-electron chi connectivity index (χ3n) is 4.79. The molecule has 0 aliphatic carbocycles. The van der Waals surface area contributed by atoms with Gasteiger partial charge in [0, 0.05) is 31.7 Å². The number of fused-ring (bicyclic) bond motifs is 1. The fourth-order valence-electron chi connectivity index (χ4n) is 3.35. The Labute approximate surface area is 163 Å². The number of H-pyrrole nitrogens is 1. The molecule has 3 aromatic rings. The minimum absolute atomic E-state index is 0.0663. The summed E-state index contributed by atoms with van der Waals surface area (Å²) in [6.07, 6.45) is 0.141. The standard InChI is InChI=1S/C19H18N4O4S/c24-15-10-12(11-23(15)13-4-2-1-3-5-13)17(25)20-7-8-22-18(26)16-14(6-9-28-16)21-19(22)27/h1-6,9,12H,7-8,10-11H2,(H,20,25)(H,21,27)/t12-/m0/s1. The number of thiophene rings is 1. The largest absolute Gasteiger partial charge is 0.354 e. The lowest BCUT2D eigenvalue weighted by atomic mass is 10.1. The summed E-state index contributed by atoms with van der Waals surface area (Å²) in [7, 11) is 0. The third-order valence-corrected chi connectivity index (χ3v) is 5.69. The van der Waals surface area contributed by atoms with Crippen LogP contribution < -0.4 is 21.5 Å². The number of nitrogens with zero attached hydrogens (tertiary/aromatic N) is 2. The number of carbonyl (C=O) groups excluding carboxylic acids is 2. The highest BCUT2D eigenvalue weighted by Gasteiger charge is 2.34. The van der Waals surface area contributed by atoms with Gasteiger partial charge in [-0.3, -0.25) is 19.0 Å². The van der Waals surface area contributed by atoms with Crippen LogP contribution in [0.2, 0.25) is 0 Å². The fraction of sp³-hybridized carbons (Fsp3) is 0.263. The van der Waals surface area contributed by atoms with Gasteiger partial charge in [0.1, 0.15) is 4.70 Å². The minimum atomic E-state index is -0.503. The highest BCUT2D eigenvalue weighted by atomic mass is 32.1. The van der Waals surface area contributed by atoms with E-state index in [-0.39, 0.29) is 36.9 Å². The van der Waals surface area contributed by atoms with Gasteiger partial charge in [0.25, 0.3) is 5.56 Å². The Hall–Kier alpha value is -3.20. The summed E-state index contributed by atoms with van der Waals surface area (Å²) in [6.45, 7) is 0.516. The molecule has 1 fully saturated rings. The average Bonchev–Trinajstić information content (AvgIpc) is 3.31. The van der Waals surface area contributed by atoms with Gasteiger partial charge >= 0.3 is 5.69 Å². The number of carbonyl (C=O) groups is 2. The van der Waals surface area contributed by atoms with Gasteiger partial charge in [-0.15, -0.1) is 11.3 Å². The molecule has 1 atom stereocenters. The van der Waals surface area contributed by atoms with Gasteiger partial charge in [0.2, 0.25) is 11.8 Å². The number of aromatic amines is 1. The van der Waals surface area contributed by atoms with Crippen LogP contribution in [0.25, 0.3) is 10.2 Å². The molecule has 8 nitrogen and oxygen atoms in total. The third kappa shape index (κ3) is 3.36. The van der Waals surface area contributed by atoms with Gasteiger partial charge in [-0.2, -0.15) is 0 Å². The number of benzene rings is 1. The molecule has 0 unspecified atom stereocenters. The summed E-state index contributed by atoms with van der Waals surface area (Å²) >= 11 is 1.26. The molecule has 144 valence electrons. The number of rotatable bonds is 5. The van der Waals surface area contributed by atoms with Gasteiger partial charge in [-0.1, -0.05) is 18.2 Å². The van der Waals surface area contributed by atoms with Crippen molar-refractivity contribution in [3.63, 3.8) is 0 Å². The first-order valence-corrected chi connectivity index (χ1v) is 9.76. The molecule has 0 spiro atoms. The van der Waals surface area contributed by atoms with Crippen LogP contribution in [-0.4, -0.2) is 34.5 Å². The molecule has 1 aliphatic heterocycles. The number of para-hydroxylation sites is 1. The first kappa shape index (κ1) is 18.2. The summed E-state index contributed by atoms with van der Waals surface area (Å²) in [5.74, 6) is -0.807. The highest BCUT2D eigenvalue weighted by molar-refractivity contribution is 7.17. The second-order valence-electron chi connectivity index (χ2n) is 6.58. The Morgan fingerprint density at radius 2 is 1.96 bits per heavy atom. The molecular weight excluding hydrogens is 380 g/mol. The summed E-state index contributed by atoms with van der Waals surface area (Å²) in [4.78, 5) is 53.4. The summed E-state index contributed by atoms with van der Waals surface area (Å²) in [5, 5.41) is 4.47. The van der Waals surface area contributed by atoms with Gasteiger partial charge in [-0.25, -0.2) is 4.79 Å². The molecule has 1 saturated heterocycles. The predicted octanol–water partition coefficient (Wildman–Crippen LogP) is 0.921. The van der Waals surface area contributed by atoms with Crippen molar-refractivity contribution < 1.29 is 9.59 Å². The van der Waals surface area contributed by atoms with E-state index in [4.69, 9.17) is 0 Å². The molecule has 28 heavy (non-hydrogen) atoms. The lowest BCUT2D eigenvalue weighted by Gasteiger charge is -2.16. The second-order valence-corrected chi connectivity index (χ2v) is 7.50. The molecule has 1 aromatic carbocycles. The molecule has 2 amide bonds. The Morgan fingerprint density at radius 1 is 1.18 bits per heavy atom. The van der Waals surface area contributed by atoms with Crippen molar-refractivity contribution in [3.8, 4) is 0 Å². The number of amides is 2. The minimum Gasteiger partial charge on any atom is -0.354 e. The zero-order valence-corrected chi connectivity index (χ0v) is 15.7. The maximum Gasteiger partial charge on any atom is 0.328 e. The normalized spacial score (nSPS) is 16.6. The monoisotopic (exact) mass is 398 g/mol. The van der Waals surface area contributed by atoms with Crippen LogP contribution in [0.15, 0.2) is 51.4 Å². The van der Waals surface area contributed by atoms with Crippen LogP contribution in [0.1, 0.15) is 6.42 Å². The summed E-state index contributed by atoms with van der Waals surface area (Å²) in [6, 6.07) is 10.9. The lowest BCUT2D eigenvalue weighted by molar-refractivity contribution is -0.126. The first-order chi connectivity index (χ1) is 13.5. The quantitative estimate of drug-likeness (QED) is 0.667. The van der Waals surface area contributed by atoms with Crippen molar-refractivity contribution in [3.05, 3.63) is 62.6 Å². The summed E-state index contributed by atoms with van der Waals surface area (Å²) in [5.41, 5.74) is 0.418. The molecule has 1 aliphatic rings. The number of hydrogen-bond acceptors (Lipinski definition) is 5. The average molecular weight is 398 g/mol. The molecule has 0 saturated carbocycles. The van der Waals surface area contributed by atoms with Crippen molar-refractivity contribution in [1.29, 1.82) is 0 Å². The van der Waals surface area contributed by atoms with Crippen LogP contribution in [-0.2, 0) is 16.1 Å². The van der Waals surface area contributed by atoms with E-state index < -0.39 is 11.6 Å². The number of hydrogen-bond donors (Lipinski definition) is 2. The number of anilines is 1. The molecule has 4 rings (SSSR count). The first-order valence-electron chi connectivity index (χ1n) is 8.88. The summed E-state index contributed by atoms with van der Waals surface area (Å²) < 4.78 is 1.56. The van der Waals surface area contributed by atoms with E-state index in [1.807, 2.05) is 30.3 Å². The lowest BCUT2D eigenvalue weighted by Crippen LogP contribution is -2.40. The Morgan fingerprint density at radius 3 is 2.75 bits per heavy atom. The van der Waals surface area contributed by atoms with E-state index in [0.717, 1.165) is 10.3 Å². The molecule has 2 aromatic heterocycles. The second kappa shape index (κ2) is 7.43. The highest BCUT2D eigenvalue weighted by Crippen LogP contribution is 2.24. The zero-order chi connectivity index (χ0) is 19.7. The number of aromatic nitrogens is 2. The molecule has 0 radical (unpaired) electrons. The van der Waals surface area contributed by atoms with E-state index in [1.54, 1.807) is 16.3 Å². The van der Waals surface area contributed by atoms with Gasteiger partial charge in [0.15, 0.2) is 0 Å². The van der Waals surface area contributed by atoms with Crippen molar-refractivity contribution >= 4 is 39.1 Å². The van der Waals surface area contributed by atoms with Crippen molar-refractivity contribution in [2.75, 3.05) is 18.0 Å². The molecular formula is C19H18N4O4S. The van der Waals surface area contributed by atoms with Gasteiger partial charge in [0.05, 0.1) is 11.4 Å². The van der Waals surface area contributed by atoms with E-state index >= 15 is 0 Å². The smallest absolute Gasteiger partial charge is 0.328 e. The van der Waals surface area contributed by atoms with E-state index in [9.17, 15) is 19.2 Å². The van der Waals surface area contributed by atoms with Gasteiger partial charge < -0.3 is 15.2 Å². The van der Waals surface area contributed by atoms with Crippen LogP contribution >= 0.6 is 11.3 Å². The maximum atomic E-state index is 12.4. The Bertz CT molecular complexity index is 1150. The number of nitrogens with one attached hydrogen (secondary N) is 2. The van der Waals surface area contributed by atoms with Crippen molar-refractivity contribution in [2.24, 2.45) is 5.92 Å². The van der Waals surface area contributed by atoms with Crippen molar-refractivity contribution in [2.45, 2.75) is 13.0 Å². The molecule has 3 heterocycles.